The number of piperidine rings is 1. The van der Waals surface area contributed by atoms with E-state index in [1.807, 2.05) is 12.1 Å². The molecule has 0 saturated carbocycles. The summed E-state index contributed by atoms with van der Waals surface area (Å²) in [5.41, 5.74) is 2.21. The summed E-state index contributed by atoms with van der Waals surface area (Å²) in [5, 5.41) is 8.96. The fraction of sp³-hybridized carbons (Fsp3) is 0.333. The topological polar surface area (TPSA) is 103 Å². The molecule has 218 valence electrons. The van der Waals surface area contributed by atoms with Crippen molar-refractivity contribution in [1.29, 1.82) is 5.26 Å². The Balaban J connectivity index is 1.27. The monoisotopic (exact) mass is 579 g/mol. The van der Waals surface area contributed by atoms with E-state index < -0.39 is 18.4 Å². The van der Waals surface area contributed by atoms with Crippen LogP contribution < -0.4 is 9.47 Å². The third-order valence-electron chi connectivity index (χ3n) is 7.39. The van der Waals surface area contributed by atoms with Crippen molar-refractivity contribution in [3.63, 3.8) is 0 Å². The van der Waals surface area contributed by atoms with Gasteiger partial charge in [-0.3, -0.25) is 9.88 Å². The molecule has 0 amide bonds. The molecule has 0 aliphatic carbocycles. The minimum absolute atomic E-state index is 0.0107. The Bertz CT molecular complexity index is 1640. The maximum Gasteiger partial charge on any atom is 0.387 e. The first-order valence-corrected chi connectivity index (χ1v) is 13.3. The van der Waals surface area contributed by atoms with Gasteiger partial charge >= 0.3 is 12.6 Å². The third-order valence-corrected chi connectivity index (χ3v) is 7.39. The number of imidazole rings is 1. The molecule has 0 atom stereocenters. The Morgan fingerprint density at radius 1 is 1.17 bits per heavy atom. The van der Waals surface area contributed by atoms with Gasteiger partial charge in [-0.05, 0) is 62.3 Å². The minimum Gasteiger partial charge on any atom is -0.487 e. The summed E-state index contributed by atoms with van der Waals surface area (Å²) in [7, 11) is 2.98. The minimum atomic E-state index is -3.07. The number of aromatic nitrogens is 3. The molecule has 9 nitrogen and oxygen atoms in total. The number of hydrogen-bond donors (Lipinski definition) is 0. The summed E-state index contributed by atoms with van der Waals surface area (Å²) in [4.78, 5) is 23.5. The van der Waals surface area contributed by atoms with E-state index in [-0.39, 0.29) is 34.9 Å². The number of carbonyl (C=O) groups is 1. The number of nitriles is 1. The number of rotatable bonds is 9. The van der Waals surface area contributed by atoms with Gasteiger partial charge in [0.15, 0.2) is 5.75 Å². The summed E-state index contributed by atoms with van der Waals surface area (Å²) in [6, 6.07) is 12.6. The average molecular weight is 580 g/mol. The molecule has 2 aromatic carbocycles. The van der Waals surface area contributed by atoms with Gasteiger partial charge in [-0.1, -0.05) is 6.07 Å². The van der Waals surface area contributed by atoms with Gasteiger partial charge in [0.1, 0.15) is 29.5 Å². The Kier molecular flexibility index (Phi) is 8.59. The molecule has 42 heavy (non-hydrogen) atoms. The van der Waals surface area contributed by atoms with Crippen LogP contribution in [0.25, 0.3) is 11.0 Å². The summed E-state index contributed by atoms with van der Waals surface area (Å²) in [6.45, 7) is -1.15. The van der Waals surface area contributed by atoms with Crippen LogP contribution in [0, 0.1) is 17.1 Å². The van der Waals surface area contributed by atoms with Gasteiger partial charge in [0.05, 0.1) is 42.1 Å². The van der Waals surface area contributed by atoms with Crippen molar-refractivity contribution in [1.82, 2.24) is 19.4 Å². The molecule has 0 N–H and O–H groups in total. The standard InChI is InChI=1S/C30H28F3N5O4/c1-37-23-13-21(29(39)40-2)14-25(42-30(32)33)28(23)36-26(37)16-38-10-7-19(8-11-38)27-24(4-3-9-35-27)41-17-20-6-5-18(15-34)12-22(20)31/h3-6,9,12-14,19,30H,7-8,10-11,16-17H2,1-2H3. The lowest BCUT2D eigenvalue weighted by Crippen LogP contribution is -2.33. The highest BCUT2D eigenvalue weighted by molar-refractivity contribution is 5.96. The number of aryl methyl sites for hydroxylation is 1. The van der Waals surface area contributed by atoms with Crippen molar-refractivity contribution < 1.29 is 32.2 Å². The molecule has 1 fully saturated rings. The number of pyridine rings is 1. The number of halogens is 3. The van der Waals surface area contributed by atoms with Crippen LogP contribution in [0.15, 0.2) is 48.7 Å². The van der Waals surface area contributed by atoms with Gasteiger partial charge in [-0.15, -0.1) is 0 Å². The Morgan fingerprint density at radius 2 is 1.95 bits per heavy atom. The second kappa shape index (κ2) is 12.5. The third kappa shape index (κ3) is 6.16. The summed E-state index contributed by atoms with van der Waals surface area (Å²) in [6.07, 6.45) is 3.28. The van der Waals surface area contributed by atoms with E-state index in [0.29, 0.717) is 29.2 Å². The van der Waals surface area contributed by atoms with Crippen LogP contribution in [0.3, 0.4) is 0 Å². The van der Waals surface area contributed by atoms with E-state index in [0.717, 1.165) is 31.6 Å². The summed E-state index contributed by atoms with van der Waals surface area (Å²) in [5.74, 6) is -0.00629. The Morgan fingerprint density at radius 3 is 2.64 bits per heavy atom. The van der Waals surface area contributed by atoms with Crippen LogP contribution in [-0.2, 0) is 24.9 Å². The van der Waals surface area contributed by atoms with E-state index >= 15 is 0 Å². The molecule has 0 spiro atoms. The number of esters is 1. The maximum absolute atomic E-state index is 14.3. The molecule has 3 heterocycles. The maximum atomic E-state index is 14.3. The number of methoxy groups -OCH3 is 1. The number of likely N-dealkylation sites (tertiary alicyclic amines) is 1. The SMILES string of the molecule is COC(=O)c1cc(OC(F)F)c2nc(CN3CCC(c4ncccc4OCc4ccc(C#N)cc4F)CC3)n(C)c2c1. The molecule has 4 aromatic rings. The Labute approximate surface area is 240 Å². The highest BCUT2D eigenvalue weighted by atomic mass is 19.3. The van der Waals surface area contributed by atoms with Crippen LogP contribution in [-0.4, -0.2) is 52.2 Å². The van der Waals surface area contributed by atoms with Gasteiger partial charge in [0.25, 0.3) is 0 Å². The predicted octanol–water partition coefficient (Wildman–Crippen LogP) is 5.33. The molecular formula is C30H28F3N5O4. The zero-order valence-electron chi connectivity index (χ0n) is 23.0. The van der Waals surface area contributed by atoms with E-state index in [2.05, 4.69) is 19.6 Å². The zero-order valence-corrected chi connectivity index (χ0v) is 23.0. The van der Waals surface area contributed by atoms with Crippen LogP contribution in [0.2, 0.25) is 0 Å². The van der Waals surface area contributed by atoms with E-state index in [4.69, 9.17) is 14.7 Å². The first kappa shape index (κ1) is 28.9. The molecule has 0 unspecified atom stereocenters. The number of fused-ring (bicyclic) bond motifs is 1. The number of nitrogens with zero attached hydrogens (tertiary/aromatic N) is 5. The largest absolute Gasteiger partial charge is 0.487 e. The van der Waals surface area contributed by atoms with Gasteiger partial charge in [-0.25, -0.2) is 14.2 Å². The van der Waals surface area contributed by atoms with Crippen molar-refractivity contribution in [2.24, 2.45) is 7.05 Å². The van der Waals surface area contributed by atoms with Gasteiger partial charge in [0, 0.05) is 24.7 Å². The molecule has 0 radical (unpaired) electrons. The highest BCUT2D eigenvalue weighted by Gasteiger charge is 2.26. The molecular weight excluding hydrogens is 551 g/mol. The first-order chi connectivity index (χ1) is 20.3. The van der Waals surface area contributed by atoms with E-state index in [9.17, 15) is 18.0 Å². The van der Waals surface area contributed by atoms with E-state index in [1.165, 1.54) is 19.2 Å². The zero-order chi connectivity index (χ0) is 29.8. The van der Waals surface area contributed by atoms with Crippen molar-refractivity contribution in [2.75, 3.05) is 20.2 Å². The van der Waals surface area contributed by atoms with Gasteiger partial charge in [0.2, 0.25) is 0 Å². The van der Waals surface area contributed by atoms with E-state index in [1.54, 1.807) is 42.1 Å². The summed E-state index contributed by atoms with van der Waals surface area (Å²) >= 11 is 0. The van der Waals surface area contributed by atoms with Crippen molar-refractivity contribution in [2.45, 2.75) is 38.5 Å². The highest BCUT2D eigenvalue weighted by Crippen LogP contribution is 2.34. The summed E-state index contributed by atoms with van der Waals surface area (Å²) < 4.78 is 57.7. The van der Waals surface area contributed by atoms with Crippen molar-refractivity contribution in [3.8, 4) is 17.6 Å². The lowest BCUT2D eigenvalue weighted by molar-refractivity contribution is -0.0489. The molecule has 1 aliphatic rings. The molecule has 1 aliphatic heterocycles. The van der Waals surface area contributed by atoms with Crippen LogP contribution >= 0.6 is 0 Å². The van der Waals surface area contributed by atoms with Crippen molar-refractivity contribution >= 4 is 17.0 Å². The fourth-order valence-electron chi connectivity index (χ4n) is 5.15. The quantitative estimate of drug-likeness (QED) is 0.246. The van der Waals surface area contributed by atoms with Gasteiger partial charge < -0.3 is 18.8 Å². The molecule has 1 saturated heterocycles. The number of benzene rings is 2. The first-order valence-electron chi connectivity index (χ1n) is 13.3. The van der Waals surface area contributed by atoms with Gasteiger partial charge in [-0.2, -0.15) is 14.0 Å². The fourth-order valence-corrected chi connectivity index (χ4v) is 5.15. The van der Waals surface area contributed by atoms with Crippen LogP contribution in [0.1, 0.15) is 51.8 Å². The predicted molar refractivity (Wildman–Crippen MR) is 146 cm³/mol. The number of ether oxygens (including phenoxy) is 3. The number of hydrogen-bond acceptors (Lipinski definition) is 8. The van der Waals surface area contributed by atoms with Crippen LogP contribution in [0.4, 0.5) is 13.2 Å². The molecule has 2 aromatic heterocycles. The molecule has 0 bridgehead atoms. The van der Waals surface area contributed by atoms with Crippen LogP contribution in [0.5, 0.6) is 11.5 Å². The molecule has 12 heteroatoms. The number of alkyl halides is 2. The lowest BCUT2D eigenvalue weighted by atomic mass is 9.92. The molecule has 5 rings (SSSR count). The smallest absolute Gasteiger partial charge is 0.387 e. The van der Waals surface area contributed by atoms with Crippen molar-refractivity contribution in [3.05, 3.63) is 82.7 Å². The number of carbonyl (C=O) groups excluding carboxylic acids is 1. The average Bonchev–Trinajstić information content (AvgIpc) is 3.31. The normalized spacial score (nSPS) is 14.2. The second-order valence-electron chi connectivity index (χ2n) is 9.94. The lowest BCUT2D eigenvalue weighted by Gasteiger charge is -2.32. The Hall–Kier alpha value is -4.63. The second-order valence-corrected chi connectivity index (χ2v) is 9.94.